The molecule has 0 radical (unpaired) electrons. The van der Waals surface area contributed by atoms with E-state index in [0.717, 1.165) is 11.1 Å². The third-order valence-corrected chi connectivity index (χ3v) is 6.89. The number of hydrogen-bond acceptors (Lipinski definition) is 9. The minimum atomic E-state index is -4.02. The van der Waals surface area contributed by atoms with Crippen molar-refractivity contribution in [3.05, 3.63) is 66.0 Å². The number of aromatic nitrogens is 6. The van der Waals surface area contributed by atoms with Crippen LogP contribution in [0.25, 0.3) is 17.1 Å². The number of ether oxygens (including phenoxy) is 2. The van der Waals surface area contributed by atoms with Crippen LogP contribution in [0, 0.1) is 13.8 Å². The molecule has 0 saturated heterocycles. The van der Waals surface area contributed by atoms with Gasteiger partial charge in [0.05, 0.1) is 14.2 Å². The Morgan fingerprint density at radius 2 is 1.60 bits per heavy atom. The van der Waals surface area contributed by atoms with Crippen LogP contribution in [-0.4, -0.2) is 52.4 Å². The molecule has 4 aromatic rings. The Morgan fingerprint density at radius 3 is 2.20 bits per heavy atom. The summed E-state index contributed by atoms with van der Waals surface area (Å²) in [7, 11) is -0.999. The van der Waals surface area contributed by atoms with Gasteiger partial charge in [0.25, 0.3) is 0 Å². The van der Waals surface area contributed by atoms with E-state index in [0.29, 0.717) is 28.6 Å². The van der Waals surface area contributed by atoms with Crippen molar-refractivity contribution in [3.63, 3.8) is 0 Å². The van der Waals surface area contributed by atoms with E-state index in [1.54, 1.807) is 43.0 Å². The predicted octanol–water partition coefficient (Wildman–Crippen LogP) is 3.26. The molecule has 1 N–H and O–H groups in total. The molecule has 0 aliphatic heterocycles. The lowest BCUT2D eigenvalue weighted by atomic mass is 10.2. The van der Waals surface area contributed by atoms with Crippen LogP contribution in [0.15, 0.2) is 49.1 Å². The molecular weight excluding hydrogens is 470 g/mol. The fourth-order valence-electron chi connectivity index (χ4n) is 3.45. The summed E-state index contributed by atoms with van der Waals surface area (Å²) in [5.41, 5.74) is 2.78. The van der Waals surface area contributed by atoms with E-state index < -0.39 is 15.3 Å². The minimum absolute atomic E-state index is 0.0525. The maximum absolute atomic E-state index is 13.3. The van der Waals surface area contributed by atoms with Crippen molar-refractivity contribution >= 4 is 16.0 Å². The Labute approximate surface area is 203 Å². The fraction of sp³-hybridized carbons (Fsp3) is 0.261. The molecule has 1 atom stereocenters. The zero-order chi connectivity index (χ0) is 25.2. The van der Waals surface area contributed by atoms with Gasteiger partial charge in [0.15, 0.2) is 5.82 Å². The first-order valence-electron chi connectivity index (χ1n) is 10.6. The lowest BCUT2D eigenvalue weighted by Crippen LogP contribution is -2.23. The van der Waals surface area contributed by atoms with E-state index in [1.807, 2.05) is 19.9 Å². The summed E-state index contributed by atoms with van der Waals surface area (Å²) in [5.74, 6) is 1.32. The number of pyridine rings is 1. The van der Waals surface area contributed by atoms with Crippen LogP contribution in [0.1, 0.15) is 29.1 Å². The molecule has 0 aliphatic rings. The number of nitrogens with one attached hydrogen (secondary N) is 1. The standard InChI is InChI=1S/C23H25N7O4S/c1-14-9-17(13-24-10-14)22-27-28-23(30(22)20-18(33-4)7-6-8-19(20)34-5)29-35(31,32)16(3)21-25-11-15(2)12-26-21/h6-13,16H,1-5H3,(H,28,29)/t16-/m1/s1. The summed E-state index contributed by atoms with van der Waals surface area (Å²) in [5, 5.41) is 7.40. The predicted molar refractivity (Wildman–Crippen MR) is 130 cm³/mol. The van der Waals surface area contributed by atoms with Gasteiger partial charge in [0.2, 0.25) is 16.0 Å². The van der Waals surface area contributed by atoms with E-state index in [4.69, 9.17) is 9.47 Å². The van der Waals surface area contributed by atoms with E-state index >= 15 is 0 Å². The van der Waals surface area contributed by atoms with Crippen LogP contribution in [0.3, 0.4) is 0 Å². The third-order valence-electron chi connectivity index (χ3n) is 5.29. The van der Waals surface area contributed by atoms with Crippen LogP contribution < -0.4 is 14.2 Å². The molecule has 0 unspecified atom stereocenters. The minimum Gasteiger partial charge on any atom is -0.494 e. The van der Waals surface area contributed by atoms with Crippen molar-refractivity contribution in [1.82, 2.24) is 29.7 Å². The molecule has 3 aromatic heterocycles. The van der Waals surface area contributed by atoms with Gasteiger partial charge in [-0.2, -0.15) is 0 Å². The zero-order valence-corrected chi connectivity index (χ0v) is 20.7. The molecule has 3 heterocycles. The summed E-state index contributed by atoms with van der Waals surface area (Å²) < 4.78 is 41.9. The second-order valence-corrected chi connectivity index (χ2v) is 9.85. The largest absolute Gasteiger partial charge is 0.494 e. The molecule has 12 heteroatoms. The maximum atomic E-state index is 13.3. The monoisotopic (exact) mass is 495 g/mol. The van der Waals surface area contributed by atoms with E-state index in [1.165, 1.54) is 25.7 Å². The Bertz CT molecular complexity index is 1430. The lowest BCUT2D eigenvalue weighted by molar-refractivity contribution is 0.391. The normalized spacial score (nSPS) is 12.3. The second kappa shape index (κ2) is 9.66. The van der Waals surface area contributed by atoms with Gasteiger partial charge in [-0.15, -0.1) is 10.2 Å². The molecule has 182 valence electrons. The number of benzene rings is 1. The smallest absolute Gasteiger partial charge is 0.245 e. The zero-order valence-electron chi connectivity index (χ0n) is 19.9. The van der Waals surface area contributed by atoms with Crippen LogP contribution in [-0.2, 0) is 10.0 Å². The molecule has 0 fully saturated rings. The number of methoxy groups -OCH3 is 2. The molecule has 0 aliphatic carbocycles. The first-order valence-corrected chi connectivity index (χ1v) is 12.2. The van der Waals surface area contributed by atoms with Crippen molar-refractivity contribution < 1.29 is 17.9 Å². The van der Waals surface area contributed by atoms with Crippen LogP contribution in [0.4, 0.5) is 5.95 Å². The number of hydrogen-bond donors (Lipinski definition) is 1. The van der Waals surface area contributed by atoms with Gasteiger partial charge in [-0.25, -0.2) is 18.4 Å². The van der Waals surface area contributed by atoms with Crippen molar-refractivity contribution in [1.29, 1.82) is 0 Å². The molecule has 1 aromatic carbocycles. The highest BCUT2D eigenvalue weighted by Gasteiger charge is 2.30. The Balaban J connectivity index is 1.89. The van der Waals surface area contributed by atoms with Gasteiger partial charge in [0, 0.05) is 30.4 Å². The Morgan fingerprint density at radius 1 is 0.943 bits per heavy atom. The lowest BCUT2D eigenvalue weighted by Gasteiger charge is -2.18. The average Bonchev–Trinajstić information content (AvgIpc) is 3.25. The van der Waals surface area contributed by atoms with Crippen molar-refractivity contribution in [2.75, 3.05) is 18.9 Å². The highest BCUT2D eigenvalue weighted by atomic mass is 32.2. The number of para-hydroxylation sites is 1. The summed E-state index contributed by atoms with van der Waals surface area (Å²) in [6.45, 7) is 5.22. The fourth-order valence-corrected chi connectivity index (χ4v) is 4.41. The molecular formula is C23H25N7O4S. The molecule has 0 bridgehead atoms. The van der Waals surface area contributed by atoms with Crippen molar-refractivity contribution in [2.24, 2.45) is 0 Å². The SMILES string of the molecule is COc1cccc(OC)c1-n1c(NS(=O)(=O)[C@H](C)c2ncc(C)cn2)nnc1-c1cncc(C)c1. The number of nitrogens with zero attached hydrogens (tertiary/aromatic N) is 6. The van der Waals surface area contributed by atoms with Gasteiger partial charge in [0.1, 0.15) is 28.3 Å². The number of anilines is 1. The molecule has 4 rings (SSSR count). The molecule has 0 spiro atoms. The molecule has 0 amide bonds. The molecule has 0 saturated carbocycles. The van der Waals surface area contributed by atoms with Gasteiger partial charge in [-0.05, 0) is 50.1 Å². The van der Waals surface area contributed by atoms with E-state index in [-0.39, 0.29) is 11.8 Å². The van der Waals surface area contributed by atoms with Crippen molar-refractivity contribution in [3.8, 4) is 28.6 Å². The Hall–Kier alpha value is -4.06. The van der Waals surface area contributed by atoms with Gasteiger partial charge in [-0.3, -0.25) is 14.3 Å². The number of aryl methyl sites for hydroxylation is 2. The summed E-state index contributed by atoms with van der Waals surface area (Å²) in [6, 6.07) is 7.10. The summed E-state index contributed by atoms with van der Waals surface area (Å²) in [4.78, 5) is 12.6. The number of rotatable bonds is 8. The Kier molecular flexibility index (Phi) is 6.65. The molecule has 11 nitrogen and oxygen atoms in total. The van der Waals surface area contributed by atoms with Gasteiger partial charge >= 0.3 is 0 Å². The van der Waals surface area contributed by atoms with Crippen LogP contribution >= 0.6 is 0 Å². The highest BCUT2D eigenvalue weighted by molar-refractivity contribution is 7.92. The van der Waals surface area contributed by atoms with Gasteiger partial charge in [-0.1, -0.05) is 6.07 Å². The van der Waals surface area contributed by atoms with Crippen LogP contribution in [0.5, 0.6) is 11.5 Å². The van der Waals surface area contributed by atoms with Crippen molar-refractivity contribution in [2.45, 2.75) is 26.0 Å². The first kappa shape index (κ1) is 24.1. The second-order valence-electron chi connectivity index (χ2n) is 7.85. The maximum Gasteiger partial charge on any atom is 0.245 e. The van der Waals surface area contributed by atoms with Gasteiger partial charge < -0.3 is 9.47 Å². The number of sulfonamides is 1. The topological polar surface area (TPSA) is 134 Å². The average molecular weight is 496 g/mol. The summed E-state index contributed by atoms with van der Waals surface area (Å²) >= 11 is 0. The quantitative estimate of drug-likeness (QED) is 0.391. The third kappa shape index (κ3) is 4.78. The first-order chi connectivity index (χ1) is 16.7. The van der Waals surface area contributed by atoms with Crippen LogP contribution in [0.2, 0.25) is 0 Å². The van der Waals surface area contributed by atoms with E-state index in [9.17, 15) is 8.42 Å². The molecule has 35 heavy (non-hydrogen) atoms. The highest BCUT2D eigenvalue weighted by Crippen LogP contribution is 2.38. The summed E-state index contributed by atoms with van der Waals surface area (Å²) in [6.07, 6.45) is 6.47. The van der Waals surface area contributed by atoms with E-state index in [2.05, 4.69) is 29.9 Å².